The normalized spacial score (nSPS) is 27.2. The largest absolute Gasteiger partial charge is 0.443 e. The van der Waals surface area contributed by atoms with Gasteiger partial charge in [0.25, 0.3) is 0 Å². The first-order valence-electron chi connectivity index (χ1n) is 12.6. The van der Waals surface area contributed by atoms with Crippen molar-refractivity contribution in [2.75, 3.05) is 18.4 Å². The zero-order valence-corrected chi connectivity index (χ0v) is 19.6. The summed E-state index contributed by atoms with van der Waals surface area (Å²) in [6.45, 7) is 5.94. The van der Waals surface area contributed by atoms with E-state index in [1.165, 1.54) is 17.6 Å². The van der Waals surface area contributed by atoms with Gasteiger partial charge in [-0.2, -0.15) is 9.61 Å². The second kappa shape index (κ2) is 8.31. The number of piperidine rings is 1. The Labute approximate surface area is 194 Å². The number of carbonyl (C=O) groups excluding carboxylic acids is 1. The molecule has 3 fully saturated rings. The predicted molar refractivity (Wildman–Crippen MR) is 127 cm³/mol. The van der Waals surface area contributed by atoms with Crippen molar-refractivity contribution in [2.45, 2.75) is 88.9 Å². The third kappa shape index (κ3) is 3.78. The van der Waals surface area contributed by atoms with Crippen molar-refractivity contribution < 1.29 is 9.53 Å². The number of nitrogens with one attached hydrogen (secondary N) is 2. The van der Waals surface area contributed by atoms with E-state index >= 15 is 0 Å². The number of carbonyl (C=O) groups is 1. The minimum Gasteiger partial charge on any atom is -0.443 e. The topological polar surface area (TPSA) is 83.8 Å². The summed E-state index contributed by atoms with van der Waals surface area (Å²) in [5, 5.41) is 11.7. The Morgan fingerprint density at radius 2 is 2.03 bits per heavy atom. The van der Waals surface area contributed by atoms with Gasteiger partial charge in [-0.3, -0.25) is 0 Å². The van der Waals surface area contributed by atoms with Gasteiger partial charge >= 0.3 is 6.09 Å². The molecule has 0 radical (unpaired) electrons. The molecule has 33 heavy (non-hydrogen) atoms. The second-order valence-electron chi connectivity index (χ2n) is 10.4. The summed E-state index contributed by atoms with van der Waals surface area (Å²) in [7, 11) is 0. The molecule has 2 atom stereocenters. The lowest BCUT2D eigenvalue weighted by Gasteiger charge is -2.40. The van der Waals surface area contributed by atoms with Gasteiger partial charge in [-0.15, -0.1) is 0 Å². The van der Waals surface area contributed by atoms with Crippen LogP contribution < -0.4 is 10.6 Å². The molecule has 8 nitrogen and oxygen atoms in total. The monoisotopic (exact) mass is 450 g/mol. The maximum atomic E-state index is 12.8. The van der Waals surface area contributed by atoms with E-state index in [9.17, 15) is 4.79 Å². The average Bonchev–Trinajstić information content (AvgIpc) is 3.49. The van der Waals surface area contributed by atoms with Gasteiger partial charge in [0.05, 0.1) is 11.9 Å². The molecule has 1 aliphatic carbocycles. The molecule has 0 spiro atoms. The van der Waals surface area contributed by atoms with Crippen LogP contribution in [0.1, 0.15) is 76.0 Å². The Kier molecular flexibility index (Phi) is 5.28. The highest BCUT2D eigenvalue weighted by molar-refractivity contribution is 5.71. The lowest BCUT2D eigenvalue weighted by atomic mass is 9.97. The number of hydrogen-bond acceptors (Lipinski definition) is 6. The Balaban J connectivity index is 1.24. The Bertz CT molecular complexity index is 1070. The number of allylic oxidation sites excluding steroid dienone is 2. The number of aromatic nitrogens is 3. The molecule has 2 aromatic heterocycles. The molecule has 0 aromatic carbocycles. The van der Waals surface area contributed by atoms with Crippen molar-refractivity contribution in [3.63, 3.8) is 0 Å². The van der Waals surface area contributed by atoms with Crippen LogP contribution in [0.25, 0.3) is 11.2 Å². The van der Waals surface area contributed by atoms with Crippen molar-refractivity contribution in [3.05, 3.63) is 29.6 Å². The summed E-state index contributed by atoms with van der Waals surface area (Å²) in [4.78, 5) is 19.8. The van der Waals surface area contributed by atoms with Crippen LogP contribution in [-0.4, -0.2) is 62.9 Å². The third-order valence-electron chi connectivity index (χ3n) is 7.80. The molecule has 3 saturated heterocycles. The average molecular weight is 451 g/mol. The highest BCUT2D eigenvalue weighted by Crippen LogP contribution is 2.38. The van der Waals surface area contributed by atoms with Crippen LogP contribution in [0.3, 0.4) is 0 Å². The minimum atomic E-state index is -0.122. The van der Waals surface area contributed by atoms with Crippen LogP contribution >= 0.6 is 0 Å². The summed E-state index contributed by atoms with van der Waals surface area (Å²) in [5.74, 6) is 1.38. The van der Waals surface area contributed by atoms with E-state index in [1.54, 1.807) is 0 Å². The molecule has 1 amide bonds. The molecule has 2 N–H and O–H groups in total. The summed E-state index contributed by atoms with van der Waals surface area (Å²) < 4.78 is 7.66. The molecule has 0 saturated carbocycles. The summed E-state index contributed by atoms with van der Waals surface area (Å²) >= 11 is 0. The molecule has 4 aliphatic rings. The SMILES string of the molecule is CC(C)c1cnn2c(NC3CC4CCC(C3)N4C(=O)OC3CNC3)cc(C3=CCCC3)nc12. The Morgan fingerprint density at radius 3 is 2.67 bits per heavy atom. The number of fused-ring (bicyclic) bond motifs is 3. The Morgan fingerprint density at radius 1 is 1.24 bits per heavy atom. The molecule has 2 unspecified atom stereocenters. The van der Waals surface area contributed by atoms with Gasteiger partial charge in [0.1, 0.15) is 11.9 Å². The van der Waals surface area contributed by atoms with Gasteiger partial charge in [-0.25, -0.2) is 9.78 Å². The molecule has 2 bridgehead atoms. The first-order chi connectivity index (χ1) is 16.1. The fourth-order valence-corrected chi connectivity index (χ4v) is 5.91. The van der Waals surface area contributed by atoms with Crippen LogP contribution in [0.4, 0.5) is 10.6 Å². The van der Waals surface area contributed by atoms with E-state index in [0.29, 0.717) is 12.0 Å². The number of hydrogen-bond donors (Lipinski definition) is 2. The number of amides is 1. The molecule has 2 aromatic rings. The van der Waals surface area contributed by atoms with Gasteiger partial charge in [-0.1, -0.05) is 19.9 Å². The number of nitrogens with zero attached hydrogens (tertiary/aromatic N) is 4. The third-order valence-corrected chi connectivity index (χ3v) is 7.80. The maximum Gasteiger partial charge on any atom is 0.410 e. The van der Waals surface area contributed by atoms with E-state index < -0.39 is 0 Å². The van der Waals surface area contributed by atoms with E-state index in [4.69, 9.17) is 14.8 Å². The van der Waals surface area contributed by atoms with Crippen LogP contribution in [0, 0.1) is 0 Å². The van der Waals surface area contributed by atoms with Crippen molar-refractivity contribution >= 4 is 23.1 Å². The number of ether oxygens (including phenoxy) is 1. The van der Waals surface area contributed by atoms with Gasteiger partial charge in [0.2, 0.25) is 0 Å². The van der Waals surface area contributed by atoms with Gasteiger partial charge in [0.15, 0.2) is 5.65 Å². The molecular weight excluding hydrogens is 416 g/mol. The van der Waals surface area contributed by atoms with E-state index in [0.717, 1.165) is 68.8 Å². The minimum absolute atomic E-state index is 0.0381. The maximum absolute atomic E-state index is 12.8. The first-order valence-corrected chi connectivity index (χ1v) is 12.6. The lowest BCUT2D eigenvalue weighted by molar-refractivity contribution is 0.0194. The van der Waals surface area contributed by atoms with Gasteiger partial charge in [0, 0.05) is 42.8 Å². The number of rotatable bonds is 5. The molecule has 176 valence electrons. The summed E-state index contributed by atoms with van der Waals surface area (Å²) in [5.41, 5.74) is 4.56. The second-order valence-corrected chi connectivity index (χ2v) is 10.4. The van der Waals surface area contributed by atoms with Crippen molar-refractivity contribution in [1.29, 1.82) is 0 Å². The van der Waals surface area contributed by atoms with Crippen molar-refractivity contribution in [3.8, 4) is 0 Å². The predicted octanol–water partition coefficient (Wildman–Crippen LogP) is 3.94. The summed E-state index contributed by atoms with van der Waals surface area (Å²) in [6, 6.07) is 2.98. The molecular formula is C25H34N6O2. The van der Waals surface area contributed by atoms with Gasteiger partial charge < -0.3 is 20.3 Å². The van der Waals surface area contributed by atoms with E-state index in [2.05, 4.69) is 36.6 Å². The van der Waals surface area contributed by atoms with E-state index in [1.807, 2.05) is 15.6 Å². The van der Waals surface area contributed by atoms with Crippen molar-refractivity contribution in [1.82, 2.24) is 24.8 Å². The van der Waals surface area contributed by atoms with E-state index in [-0.39, 0.29) is 24.3 Å². The molecule has 8 heteroatoms. The lowest BCUT2D eigenvalue weighted by Crippen LogP contribution is -2.55. The standard InChI is InChI=1S/C25H34N6O2/c1-15(2)21-14-27-31-23(11-22(29-24(21)31)16-5-3-4-6-16)28-17-9-18-7-8-19(10-17)30(18)25(32)33-20-12-26-13-20/h5,11,14-15,17-20,26,28H,3-4,6-10,12-13H2,1-2H3. The van der Waals surface area contributed by atoms with Crippen LogP contribution in [0.5, 0.6) is 0 Å². The molecule has 6 rings (SSSR count). The smallest absolute Gasteiger partial charge is 0.410 e. The zero-order chi connectivity index (χ0) is 22.5. The van der Waals surface area contributed by atoms with Crippen LogP contribution in [0.2, 0.25) is 0 Å². The molecule has 3 aliphatic heterocycles. The fourth-order valence-electron chi connectivity index (χ4n) is 5.91. The Hall–Kier alpha value is -2.61. The first kappa shape index (κ1) is 21.0. The highest BCUT2D eigenvalue weighted by atomic mass is 16.6. The summed E-state index contributed by atoms with van der Waals surface area (Å²) in [6.07, 6.45) is 11.6. The van der Waals surface area contributed by atoms with Gasteiger partial charge in [-0.05, 0) is 56.4 Å². The quantitative estimate of drug-likeness (QED) is 0.718. The van der Waals surface area contributed by atoms with Crippen LogP contribution in [0.15, 0.2) is 18.3 Å². The zero-order valence-electron chi connectivity index (χ0n) is 19.6. The van der Waals surface area contributed by atoms with Crippen LogP contribution in [-0.2, 0) is 4.74 Å². The molecule has 5 heterocycles. The van der Waals surface area contributed by atoms with Crippen molar-refractivity contribution in [2.24, 2.45) is 0 Å². The highest BCUT2D eigenvalue weighted by Gasteiger charge is 2.45. The fraction of sp³-hybridized carbons (Fsp3) is 0.640. The number of anilines is 1.